The van der Waals surface area contributed by atoms with Gasteiger partial charge in [-0.2, -0.15) is 0 Å². The van der Waals surface area contributed by atoms with Crippen molar-refractivity contribution in [1.82, 2.24) is 5.32 Å². The number of nitrogens with one attached hydrogen (secondary N) is 1. The molecule has 0 aliphatic heterocycles. The average Bonchev–Trinajstić information content (AvgIpc) is 2.44. The van der Waals surface area contributed by atoms with Crippen LogP contribution < -0.4 is 11.1 Å². The van der Waals surface area contributed by atoms with Gasteiger partial charge in [0.1, 0.15) is 0 Å². The second-order valence-electron chi connectivity index (χ2n) is 5.12. The number of amides is 1. The first kappa shape index (κ1) is 13.5. The molecule has 0 bridgehead atoms. The second kappa shape index (κ2) is 7.66. The molecule has 0 aromatic carbocycles. The fourth-order valence-electron chi connectivity index (χ4n) is 2.36. The first-order chi connectivity index (χ1) is 7.72. The van der Waals surface area contributed by atoms with E-state index in [-0.39, 0.29) is 5.91 Å². The number of nitrogens with two attached hydrogens (primary N) is 1. The molecule has 1 amide bonds. The molecule has 1 fully saturated rings. The molecule has 0 saturated heterocycles. The number of hydrogen-bond donors (Lipinski definition) is 2. The van der Waals surface area contributed by atoms with Gasteiger partial charge in [0.2, 0.25) is 5.91 Å². The highest BCUT2D eigenvalue weighted by atomic mass is 16.1. The number of unbranched alkanes of at least 4 members (excludes halogenated alkanes) is 1. The van der Waals surface area contributed by atoms with Crippen LogP contribution in [0, 0.1) is 5.92 Å². The Morgan fingerprint density at radius 1 is 1.25 bits per heavy atom. The summed E-state index contributed by atoms with van der Waals surface area (Å²) in [7, 11) is 0. The van der Waals surface area contributed by atoms with Gasteiger partial charge in [-0.3, -0.25) is 4.79 Å². The van der Waals surface area contributed by atoms with Crippen molar-refractivity contribution in [2.45, 2.75) is 64.3 Å². The minimum absolute atomic E-state index is 0.216. The quantitative estimate of drug-likeness (QED) is 0.558. The van der Waals surface area contributed by atoms with Gasteiger partial charge in [-0.05, 0) is 44.6 Å². The molecule has 0 heterocycles. The van der Waals surface area contributed by atoms with Crippen molar-refractivity contribution < 1.29 is 4.79 Å². The summed E-state index contributed by atoms with van der Waals surface area (Å²) in [4.78, 5) is 11.6. The molecule has 3 nitrogen and oxygen atoms in total. The number of carbonyl (C=O) groups is 1. The molecule has 2 unspecified atom stereocenters. The van der Waals surface area contributed by atoms with Crippen molar-refractivity contribution >= 4 is 5.91 Å². The largest absolute Gasteiger partial charge is 0.353 e. The Morgan fingerprint density at radius 2 is 2.06 bits per heavy atom. The van der Waals surface area contributed by atoms with Gasteiger partial charge in [0.15, 0.2) is 0 Å². The predicted molar refractivity (Wildman–Crippen MR) is 67.1 cm³/mol. The monoisotopic (exact) mass is 226 g/mol. The first-order valence-electron chi connectivity index (χ1n) is 6.71. The minimum atomic E-state index is 0.216. The van der Waals surface area contributed by atoms with Crippen molar-refractivity contribution in [2.75, 3.05) is 6.54 Å². The van der Waals surface area contributed by atoms with E-state index in [1.54, 1.807) is 0 Å². The third kappa shape index (κ3) is 5.50. The topological polar surface area (TPSA) is 55.1 Å². The molecule has 16 heavy (non-hydrogen) atoms. The van der Waals surface area contributed by atoms with E-state index in [4.69, 9.17) is 5.73 Å². The molecule has 1 rings (SSSR count). The van der Waals surface area contributed by atoms with Crippen molar-refractivity contribution in [2.24, 2.45) is 11.7 Å². The van der Waals surface area contributed by atoms with Crippen LogP contribution in [0.3, 0.4) is 0 Å². The third-order valence-corrected chi connectivity index (χ3v) is 3.48. The minimum Gasteiger partial charge on any atom is -0.353 e. The number of hydrogen-bond acceptors (Lipinski definition) is 2. The van der Waals surface area contributed by atoms with Crippen LogP contribution in [0.25, 0.3) is 0 Å². The molecule has 0 aromatic heterocycles. The van der Waals surface area contributed by atoms with E-state index in [2.05, 4.69) is 12.2 Å². The van der Waals surface area contributed by atoms with Gasteiger partial charge in [-0.25, -0.2) is 0 Å². The highest BCUT2D eigenvalue weighted by Crippen LogP contribution is 2.22. The molecule has 3 N–H and O–H groups in total. The Morgan fingerprint density at radius 3 is 2.81 bits per heavy atom. The zero-order valence-corrected chi connectivity index (χ0v) is 10.5. The van der Waals surface area contributed by atoms with E-state index < -0.39 is 0 Å². The summed E-state index contributed by atoms with van der Waals surface area (Å²) in [5, 5.41) is 3.16. The lowest BCUT2D eigenvalue weighted by atomic mass is 10.0. The highest BCUT2D eigenvalue weighted by Gasteiger charge is 2.17. The van der Waals surface area contributed by atoms with Gasteiger partial charge in [0, 0.05) is 12.5 Å². The third-order valence-electron chi connectivity index (χ3n) is 3.48. The summed E-state index contributed by atoms with van der Waals surface area (Å²) in [5.41, 5.74) is 5.40. The smallest absolute Gasteiger partial charge is 0.220 e. The normalized spacial score (nSPS) is 26.1. The first-order valence-corrected chi connectivity index (χ1v) is 6.71. The van der Waals surface area contributed by atoms with Gasteiger partial charge >= 0.3 is 0 Å². The van der Waals surface area contributed by atoms with Gasteiger partial charge in [0.25, 0.3) is 0 Å². The Kier molecular flexibility index (Phi) is 6.46. The lowest BCUT2D eigenvalue weighted by molar-refractivity contribution is -0.122. The zero-order chi connectivity index (χ0) is 11.8. The Balaban J connectivity index is 2.17. The van der Waals surface area contributed by atoms with E-state index in [1.165, 1.54) is 19.3 Å². The molecule has 0 spiro atoms. The van der Waals surface area contributed by atoms with E-state index in [9.17, 15) is 4.79 Å². The summed E-state index contributed by atoms with van der Waals surface area (Å²) in [6.45, 7) is 3.00. The van der Waals surface area contributed by atoms with E-state index in [1.807, 2.05) is 0 Å². The summed E-state index contributed by atoms with van der Waals surface area (Å²) in [5.74, 6) is 1.05. The Hall–Kier alpha value is -0.570. The van der Waals surface area contributed by atoms with Crippen LogP contribution in [0.4, 0.5) is 0 Å². The molecular formula is C13H26N2O. The standard InChI is InChI=1S/C13H26N2O/c1-11-5-4-6-12(9-8-11)15-13(16)7-2-3-10-14/h11-12H,2-10,14H2,1H3,(H,15,16). The molecule has 2 atom stereocenters. The fraction of sp³-hybridized carbons (Fsp3) is 0.923. The van der Waals surface area contributed by atoms with Gasteiger partial charge in [-0.15, -0.1) is 0 Å². The molecule has 1 aliphatic carbocycles. The summed E-state index contributed by atoms with van der Waals surface area (Å²) < 4.78 is 0. The summed E-state index contributed by atoms with van der Waals surface area (Å²) >= 11 is 0. The van der Waals surface area contributed by atoms with Gasteiger partial charge in [-0.1, -0.05) is 19.8 Å². The van der Waals surface area contributed by atoms with E-state index in [0.29, 0.717) is 19.0 Å². The van der Waals surface area contributed by atoms with Crippen LogP contribution >= 0.6 is 0 Å². The van der Waals surface area contributed by atoms with Gasteiger partial charge in [0.05, 0.1) is 0 Å². The van der Waals surface area contributed by atoms with Gasteiger partial charge < -0.3 is 11.1 Å². The highest BCUT2D eigenvalue weighted by molar-refractivity contribution is 5.76. The lowest BCUT2D eigenvalue weighted by Gasteiger charge is -2.16. The van der Waals surface area contributed by atoms with Crippen LogP contribution in [0.15, 0.2) is 0 Å². The maximum absolute atomic E-state index is 11.6. The Labute approximate surface area is 99.2 Å². The predicted octanol–water partition coefficient (Wildman–Crippen LogP) is 2.20. The molecule has 94 valence electrons. The zero-order valence-electron chi connectivity index (χ0n) is 10.5. The van der Waals surface area contributed by atoms with Crippen LogP contribution in [0.5, 0.6) is 0 Å². The van der Waals surface area contributed by atoms with Crippen LogP contribution in [0.1, 0.15) is 58.3 Å². The van der Waals surface area contributed by atoms with Crippen LogP contribution in [-0.2, 0) is 4.79 Å². The maximum Gasteiger partial charge on any atom is 0.220 e. The fourth-order valence-corrected chi connectivity index (χ4v) is 2.36. The van der Waals surface area contributed by atoms with Crippen LogP contribution in [-0.4, -0.2) is 18.5 Å². The number of rotatable bonds is 5. The average molecular weight is 226 g/mol. The van der Waals surface area contributed by atoms with E-state index in [0.717, 1.165) is 31.6 Å². The Bertz CT molecular complexity index is 206. The molecule has 0 radical (unpaired) electrons. The van der Waals surface area contributed by atoms with Crippen molar-refractivity contribution in [1.29, 1.82) is 0 Å². The molecule has 3 heteroatoms. The summed E-state index contributed by atoms with van der Waals surface area (Å²) in [6.07, 6.45) is 8.67. The maximum atomic E-state index is 11.6. The van der Waals surface area contributed by atoms with Crippen molar-refractivity contribution in [3.63, 3.8) is 0 Å². The second-order valence-corrected chi connectivity index (χ2v) is 5.12. The van der Waals surface area contributed by atoms with Crippen molar-refractivity contribution in [3.05, 3.63) is 0 Å². The molecule has 1 aliphatic rings. The van der Waals surface area contributed by atoms with E-state index >= 15 is 0 Å². The molecule has 1 saturated carbocycles. The lowest BCUT2D eigenvalue weighted by Crippen LogP contribution is -2.34. The van der Waals surface area contributed by atoms with Crippen molar-refractivity contribution in [3.8, 4) is 0 Å². The molecular weight excluding hydrogens is 200 g/mol. The van der Waals surface area contributed by atoms with Crippen LogP contribution in [0.2, 0.25) is 0 Å². The summed E-state index contributed by atoms with van der Waals surface area (Å²) in [6, 6.07) is 0.426. The molecule has 0 aromatic rings. The number of carbonyl (C=O) groups excluding carboxylic acids is 1. The SMILES string of the molecule is CC1CCCC(NC(=O)CCCCN)CC1.